The summed E-state index contributed by atoms with van der Waals surface area (Å²) in [5.74, 6) is 0.0478. The van der Waals surface area contributed by atoms with Crippen LogP contribution in [0.4, 0.5) is 4.39 Å². The number of aryl methyl sites for hydroxylation is 2. The van der Waals surface area contributed by atoms with Crippen LogP contribution in [-0.2, 0) is 6.61 Å². The van der Waals surface area contributed by atoms with Gasteiger partial charge in [0.1, 0.15) is 24.1 Å². The molecule has 6 nitrogen and oxygen atoms in total. The molecule has 1 heterocycles. The SMILES string of the molecule is COc1cc(/C=C(\C#N)C(=O)n2nc(C)cc2C)ccc1OCc1cccc(F)c1. The summed E-state index contributed by atoms with van der Waals surface area (Å²) in [6.45, 7) is 3.70. The van der Waals surface area contributed by atoms with Gasteiger partial charge in [-0.15, -0.1) is 0 Å². The van der Waals surface area contributed by atoms with Crippen LogP contribution < -0.4 is 9.47 Å². The summed E-state index contributed by atoms with van der Waals surface area (Å²) in [6.07, 6.45) is 1.47. The Morgan fingerprint density at radius 2 is 2.00 bits per heavy atom. The van der Waals surface area contributed by atoms with Crippen molar-refractivity contribution in [1.29, 1.82) is 5.26 Å². The van der Waals surface area contributed by atoms with E-state index in [1.54, 1.807) is 50.2 Å². The van der Waals surface area contributed by atoms with Crippen LogP contribution in [0.1, 0.15) is 27.3 Å². The number of methoxy groups -OCH3 is 1. The highest BCUT2D eigenvalue weighted by molar-refractivity contribution is 6.03. The van der Waals surface area contributed by atoms with E-state index in [1.165, 1.54) is 30.0 Å². The van der Waals surface area contributed by atoms with Crippen molar-refractivity contribution in [2.75, 3.05) is 7.11 Å². The van der Waals surface area contributed by atoms with Crippen molar-refractivity contribution in [3.8, 4) is 17.6 Å². The van der Waals surface area contributed by atoms with Crippen LogP contribution in [0.5, 0.6) is 11.5 Å². The minimum atomic E-state index is -0.506. The van der Waals surface area contributed by atoms with E-state index in [2.05, 4.69) is 5.10 Å². The molecule has 0 spiro atoms. The Kier molecular flexibility index (Phi) is 6.28. The van der Waals surface area contributed by atoms with Crippen LogP contribution in [0.3, 0.4) is 0 Å². The summed E-state index contributed by atoms with van der Waals surface area (Å²) in [4.78, 5) is 12.6. The zero-order chi connectivity index (χ0) is 21.7. The molecule has 7 heteroatoms. The first-order valence-electron chi connectivity index (χ1n) is 9.16. The van der Waals surface area contributed by atoms with Gasteiger partial charge in [0.15, 0.2) is 11.5 Å². The molecule has 0 aliphatic heterocycles. The summed E-state index contributed by atoms with van der Waals surface area (Å²) in [5, 5.41) is 13.6. The third-order valence-corrected chi connectivity index (χ3v) is 4.33. The molecule has 3 rings (SSSR count). The van der Waals surface area contributed by atoms with Gasteiger partial charge in [-0.1, -0.05) is 18.2 Å². The number of rotatable bonds is 6. The second kappa shape index (κ2) is 9.05. The van der Waals surface area contributed by atoms with Crippen molar-refractivity contribution in [2.45, 2.75) is 20.5 Å². The van der Waals surface area contributed by atoms with Gasteiger partial charge in [0, 0.05) is 5.69 Å². The van der Waals surface area contributed by atoms with Gasteiger partial charge >= 0.3 is 0 Å². The van der Waals surface area contributed by atoms with E-state index in [4.69, 9.17) is 9.47 Å². The number of carbonyl (C=O) groups excluding carboxylic acids is 1. The Labute approximate surface area is 173 Å². The number of halogens is 1. The quantitative estimate of drug-likeness (QED) is 0.447. The van der Waals surface area contributed by atoms with Crippen LogP contribution in [0.2, 0.25) is 0 Å². The van der Waals surface area contributed by atoms with Crippen LogP contribution >= 0.6 is 0 Å². The number of carbonyl (C=O) groups is 1. The van der Waals surface area contributed by atoms with Crippen molar-refractivity contribution in [2.24, 2.45) is 0 Å². The standard InChI is InChI=1S/C23H20FN3O3/c1-15-9-16(2)27(26-15)23(28)19(13-25)10-17-7-8-21(22(12-17)29-3)30-14-18-5-4-6-20(24)11-18/h4-12H,14H2,1-3H3/b19-10+. The molecule has 0 unspecified atom stereocenters. The number of nitrogens with zero attached hydrogens (tertiary/aromatic N) is 3. The minimum absolute atomic E-state index is 0.0586. The molecular weight excluding hydrogens is 385 g/mol. The van der Waals surface area contributed by atoms with Crippen LogP contribution in [0.15, 0.2) is 54.1 Å². The lowest BCUT2D eigenvalue weighted by Crippen LogP contribution is -2.15. The molecular formula is C23H20FN3O3. The van der Waals surface area contributed by atoms with E-state index >= 15 is 0 Å². The highest BCUT2D eigenvalue weighted by atomic mass is 19.1. The number of hydrogen-bond acceptors (Lipinski definition) is 5. The molecule has 0 saturated heterocycles. The number of benzene rings is 2. The number of allylic oxidation sites excluding steroid dienone is 1. The molecule has 30 heavy (non-hydrogen) atoms. The van der Waals surface area contributed by atoms with Crippen LogP contribution in [0.25, 0.3) is 6.08 Å². The van der Waals surface area contributed by atoms with Gasteiger partial charge in [-0.3, -0.25) is 4.79 Å². The Balaban J connectivity index is 1.83. The van der Waals surface area contributed by atoms with E-state index in [0.29, 0.717) is 34.0 Å². The lowest BCUT2D eigenvalue weighted by atomic mass is 10.1. The summed E-state index contributed by atoms with van der Waals surface area (Å²) in [7, 11) is 1.49. The molecule has 0 amide bonds. The van der Waals surface area contributed by atoms with Crippen molar-refractivity contribution >= 4 is 12.0 Å². The molecule has 0 atom stereocenters. The Bertz CT molecular complexity index is 1160. The van der Waals surface area contributed by atoms with Gasteiger partial charge in [0.2, 0.25) is 0 Å². The maximum atomic E-state index is 13.3. The largest absolute Gasteiger partial charge is 0.493 e. The second-order valence-electron chi connectivity index (χ2n) is 6.64. The summed E-state index contributed by atoms with van der Waals surface area (Å²) in [5.41, 5.74) is 2.56. The Hall–Kier alpha value is -3.92. The molecule has 152 valence electrons. The average Bonchev–Trinajstić information content (AvgIpc) is 3.08. The van der Waals surface area contributed by atoms with Gasteiger partial charge in [0.25, 0.3) is 5.91 Å². The van der Waals surface area contributed by atoms with E-state index in [9.17, 15) is 14.4 Å². The average molecular weight is 405 g/mol. The Morgan fingerprint density at radius 1 is 1.20 bits per heavy atom. The van der Waals surface area contributed by atoms with Crippen LogP contribution in [0, 0.1) is 31.0 Å². The fraction of sp³-hybridized carbons (Fsp3) is 0.174. The van der Waals surface area contributed by atoms with E-state index in [0.717, 1.165) is 0 Å². The predicted octanol–water partition coefficient (Wildman–Crippen LogP) is 4.47. The van der Waals surface area contributed by atoms with Crippen molar-refractivity contribution < 1.29 is 18.7 Å². The first kappa shape index (κ1) is 20.8. The van der Waals surface area contributed by atoms with Crippen molar-refractivity contribution in [3.63, 3.8) is 0 Å². The number of ether oxygens (including phenoxy) is 2. The zero-order valence-electron chi connectivity index (χ0n) is 16.8. The molecule has 0 aliphatic carbocycles. The maximum Gasteiger partial charge on any atom is 0.289 e. The lowest BCUT2D eigenvalue weighted by Gasteiger charge is -2.12. The van der Waals surface area contributed by atoms with Gasteiger partial charge in [-0.05, 0) is 61.4 Å². The summed E-state index contributed by atoms with van der Waals surface area (Å²) in [6, 6.07) is 14.9. The zero-order valence-corrected chi connectivity index (χ0v) is 16.8. The van der Waals surface area contributed by atoms with Crippen molar-refractivity contribution in [3.05, 3.63) is 82.4 Å². The third kappa shape index (κ3) is 4.73. The smallest absolute Gasteiger partial charge is 0.289 e. The molecule has 0 radical (unpaired) electrons. The molecule has 0 fully saturated rings. The van der Waals surface area contributed by atoms with Gasteiger partial charge in [0.05, 0.1) is 12.8 Å². The first-order valence-corrected chi connectivity index (χ1v) is 9.16. The highest BCUT2D eigenvalue weighted by Crippen LogP contribution is 2.30. The number of nitriles is 1. The Morgan fingerprint density at radius 3 is 2.63 bits per heavy atom. The topological polar surface area (TPSA) is 77.1 Å². The summed E-state index contributed by atoms with van der Waals surface area (Å²) < 4.78 is 25.6. The third-order valence-electron chi connectivity index (χ3n) is 4.33. The van der Waals surface area contributed by atoms with Gasteiger partial charge < -0.3 is 9.47 Å². The number of aromatic nitrogens is 2. The molecule has 0 N–H and O–H groups in total. The predicted molar refractivity (Wildman–Crippen MR) is 110 cm³/mol. The molecule has 2 aromatic carbocycles. The monoisotopic (exact) mass is 405 g/mol. The molecule has 0 aliphatic rings. The fourth-order valence-corrected chi connectivity index (χ4v) is 2.94. The minimum Gasteiger partial charge on any atom is -0.493 e. The fourth-order valence-electron chi connectivity index (χ4n) is 2.94. The second-order valence-corrected chi connectivity index (χ2v) is 6.64. The van der Waals surface area contributed by atoms with E-state index in [1.807, 2.05) is 6.07 Å². The first-order chi connectivity index (χ1) is 14.4. The highest BCUT2D eigenvalue weighted by Gasteiger charge is 2.16. The number of hydrogen-bond donors (Lipinski definition) is 0. The molecule has 0 saturated carbocycles. The van der Waals surface area contributed by atoms with Crippen LogP contribution in [-0.4, -0.2) is 22.8 Å². The van der Waals surface area contributed by atoms with Crippen molar-refractivity contribution in [1.82, 2.24) is 9.78 Å². The summed E-state index contributed by atoms with van der Waals surface area (Å²) >= 11 is 0. The maximum absolute atomic E-state index is 13.3. The molecule has 1 aromatic heterocycles. The van der Waals surface area contributed by atoms with Gasteiger partial charge in [-0.25, -0.2) is 9.07 Å². The van der Waals surface area contributed by atoms with Gasteiger partial charge in [-0.2, -0.15) is 10.4 Å². The lowest BCUT2D eigenvalue weighted by molar-refractivity contribution is 0.0943. The molecule has 0 bridgehead atoms. The molecule has 3 aromatic rings. The van der Waals surface area contributed by atoms with E-state index in [-0.39, 0.29) is 18.0 Å². The normalized spacial score (nSPS) is 11.1. The van der Waals surface area contributed by atoms with E-state index < -0.39 is 5.91 Å².